The zero-order valence-electron chi connectivity index (χ0n) is 11.5. The summed E-state index contributed by atoms with van der Waals surface area (Å²) >= 11 is 1.49. The molecule has 4 nitrogen and oxygen atoms in total. The molecule has 0 bridgehead atoms. The van der Waals surface area contributed by atoms with Crippen LogP contribution in [0.15, 0.2) is 17.0 Å². The molecule has 0 radical (unpaired) electrons. The maximum Gasteiger partial charge on any atom is 0.178 e. The number of hydrogen-bond donors (Lipinski definition) is 0. The molecule has 0 fully saturated rings. The molecular weight excluding hydrogens is 260 g/mol. The van der Waals surface area contributed by atoms with Crippen molar-refractivity contribution in [3.05, 3.63) is 27.7 Å². The number of thiazole rings is 1. The molecule has 0 amide bonds. The third-order valence-corrected chi connectivity index (χ3v) is 4.53. The highest BCUT2D eigenvalue weighted by Gasteiger charge is 2.47. The Balaban J connectivity index is 2.61. The van der Waals surface area contributed by atoms with Crippen LogP contribution in [0.4, 0.5) is 0 Å². The van der Waals surface area contributed by atoms with E-state index in [2.05, 4.69) is 4.98 Å². The number of rotatable bonds is 2. The van der Waals surface area contributed by atoms with Crippen LogP contribution in [0, 0.1) is 23.7 Å². The van der Waals surface area contributed by atoms with E-state index in [-0.39, 0.29) is 11.4 Å². The zero-order valence-corrected chi connectivity index (χ0v) is 12.3. The minimum Gasteiger partial charge on any atom is -0.367 e. The third-order valence-electron chi connectivity index (χ3n) is 3.41. The quantitative estimate of drug-likeness (QED) is 0.833. The van der Waals surface area contributed by atoms with Gasteiger partial charge in [-0.15, -0.1) is 11.3 Å². The Morgan fingerprint density at radius 2 is 2.21 bits per heavy atom. The van der Waals surface area contributed by atoms with Crippen LogP contribution in [0.2, 0.25) is 0 Å². The van der Waals surface area contributed by atoms with Gasteiger partial charge in [0.05, 0.1) is 5.57 Å². The van der Waals surface area contributed by atoms with Crippen LogP contribution in [-0.4, -0.2) is 17.9 Å². The van der Waals surface area contributed by atoms with E-state index in [1.807, 2.05) is 32.2 Å². The maximum atomic E-state index is 12.2. The first-order chi connectivity index (χ1) is 8.84. The number of nitrogens with zero attached hydrogens (tertiary/aromatic N) is 2. The fourth-order valence-corrected chi connectivity index (χ4v) is 3.38. The first-order valence-electron chi connectivity index (χ1n) is 6.00. The van der Waals surface area contributed by atoms with Crippen LogP contribution in [0.5, 0.6) is 0 Å². The molecule has 0 N–H and O–H groups in total. The number of aryl methyl sites for hydroxylation is 1. The van der Waals surface area contributed by atoms with E-state index in [1.165, 1.54) is 11.3 Å². The van der Waals surface area contributed by atoms with Gasteiger partial charge in [-0.25, -0.2) is 4.98 Å². The molecule has 1 aromatic rings. The summed E-state index contributed by atoms with van der Waals surface area (Å²) in [5.41, 5.74) is -0.333. The summed E-state index contributed by atoms with van der Waals surface area (Å²) in [6.45, 7) is 5.60. The van der Waals surface area contributed by atoms with Gasteiger partial charge in [0, 0.05) is 23.6 Å². The first kappa shape index (κ1) is 13.9. The van der Waals surface area contributed by atoms with Crippen molar-refractivity contribution in [2.75, 3.05) is 7.11 Å². The Morgan fingerprint density at radius 1 is 1.53 bits per heavy atom. The Hall–Kier alpha value is -1.51. The lowest BCUT2D eigenvalue weighted by Crippen LogP contribution is -2.42. The van der Waals surface area contributed by atoms with Gasteiger partial charge in [0.25, 0.3) is 0 Å². The zero-order chi connectivity index (χ0) is 14.3. The fraction of sp³-hybridized carbons (Fsp3) is 0.500. The van der Waals surface area contributed by atoms with Crippen LogP contribution in [0.1, 0.15) is 31.0 Å². The van der Waals surface area contributed by atoms with Crippen molar-refractivity contribution < 1.29 is 9.53 Å². The number of hydrogen-bond acceptors (Lipinski definition) is 5. The number of nitriles is 1. The number of carbonyl (C=O) groups excluding carboxylic acids is 1. The molecule has 19 heavy (non-hydrogen) atoms. The Morgan fingerprint density at radius 3 is 2.68 bits per heavy atom. The van der Waals surface area contributed by atoms with Crippen molar-refractivity contribution in [3.63, 3.8) is 0 Å². The molecule has 100 valence electrons. The van der Waals surface area contributed by atoms with E-state index >= 15 is 0 Å². The van der Waals surface area contributed by atoms with E-state index in [0.29, 0.717) is 6.42 Å². The second-order valence-electron chi connectivity index (χ2n) is 5.45. The summed E-state index contributed by atoms with van der Waals surface area (Å²) in [5, 5.41) is 11.9. The lowest BCUT2D eigenvalue weighted by Gasteiger charge is -2.38. The summed E-state index contributed by atoms with van der Waals surface area (Å²) in [6, 6.07) is 1.98. The highest BCUT2D eigenvalue weighted by atomic mass is 32.1. The average molecular weight is 276 g/mol. The molecular formula is C14H16N2O2S. The molecule has 1 heterocycles. The number of carbonyl (C=O) groups is 1. The molecule has 1 aliphatic carbocycles. The molecule has 1 aliphatic rings. The lowest BCUT2D eigenvalue weighted by molar-refractivity contribution is -0.128. The molecule has 5 heteroatoms. The minimum atomic E-state index is -0.776. The van der Waals surface area contributed by atoms with E-state index in [9.17, 15) is 4.79 Å². The monoisotopic (exact) mass is 276 g/mol. The van der Waals surface area contributed by atoms with E-state index in [0.717, 1.165) is 10.7 Å². The molecule has 2 rings (SSSR count). The summed E-state index contributed by atoms with van der Waals surface area (Å²) in [6.07, 6.45) is 2.12. The Labute approximate surface area is 116 Å². The van der Waals surface area contributed by atoms with Crippen molar-refractivity contribution in [1.29, 1.82) is 5.26 Å². The smallest absolute Gasteiger partial charge is 0.178 e. The van der Waals surface area contributed by atoms with Crippen molar-refractivity contribution in [2.45, 2.75) is 32.8 Å². The van der Waals surface area contributed by atoms with E-state index in [4.69, 9.17) is 10.00 Å². The van der Waals surface area contributed by atoms with Crippen LogP contribution in [0.3, 0.4) is 0 Å². The van der Waals surface area contributed by atoms with Crippen molar-refractivity contribution in [1.82, 2.24) is 4.98 Å². The Bertz CT molecular complexity index is 595. The number of ether oxygens (including phenoxy) is 1. The fourth-order valence-electron chi connectivity index (χ4n) is 2.44. The maximum absolute atomic E-state index is 12.2. The van der Waals surface area contributed by atoms with E-state index < -0.39 is 11.0 Å². The second kappa shape index (κ2) is 4.55. The van der Waals surface area contributed by atoms with Crippen LogP contribution in [-0.2, 0) is 15.1 Å². The number of ketones is 1. The molecule has 0 saturated carbocycles. The molecule has 0 aliphatic heterocycles. The third kappa shape index (κ3) is 2.22. The van der Waals surface area contributed by atoms with Gasteiger partial charge in [-0.3, -0.25) is 4.79 Å². The molecule has 0 saturated heterocycles. The summed E-state index contributed by atoms with van der Waals surface area (Å²) in [4.78, 5) is 16.6. The molecule has 1 atom stereocenters. The highest BCUT2D eigenvalue weighted by molar-refractivity contribution is 7.09. The number of Topliss-reactive ketones (excluding diaryl/α,β-unsaturated/α-hetero) is 1. The van der Waals surface area contributed by atoms with Crippen molar-refractivity contribution >= 4 is 17.1 Å². The van der Waals surface area contributed by atoms with E-state index in [1.54, 1.807) is 13.2 Å². The number of allylic oxidation sites excluding steroid dienone is 1. The highest BCUT2D eigenvalue weighted by Crippen LogP contribution is 2.45. The largest absolute Gasteiger partial charge is 0.367 e. The molecule has 1 unspecified atom stereocenters. The van der Waals surface area contributed by atoms with Crippen LogP contribution < -0.4 is 0 Å². The molecule has 1 aromatic heterocycles. The normalized spacial score (nSPS) is 25.8. The summed E-state index contributed by atoms with van der Waals surface area (Å²) in [5.74, 6) is -0.129. The predicted molar refractivity (Wildman–Crippen MR) is 72.6 cm³/mol. The van der Waals surface area contributed by atoms with Gasteiger partial charge in [-0.1, -0.05) is 13.8 Å². The van der Waals surface area contributed by atoms with Gasteiger partial charge in [0.15, 0.2) is 5.78 Å². The first-order valence-corrected chi connectivity index (χ1v) is 6.88. The molecule has 0 spiro atoms. The summed E-state index contributed by atoms with van der Waals surface area (Å²) in [7, 11) is 1.59. The molecule has 0 aromatic carbocycles. The Kier molecular flexibility index (Phi) is 3.33. The second-order valence-corrected chi connectivity index (χ2v) is 6.31. The van der Waals surface area contributed by atoms with Crippen LogP contribution in [0.25, 0.3) is 0 Å². The topological polar surface area (TPSA) is 63.0 Å². The van der Waals surface area contributed by atoms with Gasteiger partial charge >= 0.3 is 0 Å². The van der Waals surface area contributed by atoms with Gasteiger partial charge in [0.1, 0.15) is 16.7 Å². The SMILES string of the molecule is COC1(c2nc(C)cs2)C=C(C#N)C(=O)C(C)(C)C1. The standard InChI is InChI=1S/C14H16N2O2S/c1-9-7-19-12(16-9)14(18-4)5-10(6-15)11(17)13(2,3)8-14/h5,7H,8H2,1-4H3. The van der Waals surface area contributed by atoms with Crippen molar-refractivity contribution in [3.8, 4) is 6.07 Å². The van der Waals surface area contributed by atoms with Gasteiger partial charge < -0.3 is 4.74 Å². The minimum absolute atomic E-state index is 0.129. The van der Waals surface area contributed by atoms with Gasteiger partial charge in [-0.05, 0) is 19.4 Å². The predicted octanol–water partition coefficient (Wildman–Crippen LogP) is 2.74. The van der Waals surface area contributed by atoms with Crippen LogP contribution >= 0.6 is 11.3 Å². The van der Waals surface area contributed by atoms with Crippen molar-refractivity contribution in [2.24, 2.45) is 5.41 Å². The van der Waals surface area contributed by atoms with Gasteiger partial charge in [-0.2, -0.15) is 5.26 Å². The number of aromatic nitrogens is 1. The number of methoxy groups -OCH3 is 1. The average Bonchev–Trinajstić information content (AvgIpc) is 2.80. The van der Waals surface area contributed by atoms with Gasteiger partial charge in [0.2, 0.25) is 0 Å². The lowest BCUT2D eigenvalue weighted by atomic mass is 9.70. The summed E-state index contributed by atoms with van der Waals surface area (Å²) < 4.78 is 5.66.